The maximum Gasteiger partial charge on any atom is 0.223 e. The van der Waals surface area contributed by atoms with E-state index in [-0.39, 0.29) is 5.82 Å². The zero-order chi connectivity index (χ0) is 15.4. The van der Waals surface area contributed by atoms with Gasteiger partial charge in [-0.3, -0.25) is 0 Å². The van der Waals surface area contributed by atoms with Crippen molar-refractivity contribution in [1.29, 1.82) is 0 Å². The van der Waals surface area contributed by atoms with Gasteiger partial charge in [0, 0.05) is 17.9 Å². The average molecular weight is 287 g/mol. The molecule has 0 saturated carbocycles. The summed E-state index contributed by atoms with van der Waals surface area (Å²) >= 11 is 0. The molecule has 112 valence electrons. The molecule has 0 saturated heterocycles. The summed E-state index contributed by atoms with van der Waals surface area (Å²) in [4.78, 5) is 8.92. The van der Waals surface area contributed by atoms with Crippen molar-refractivity contribution in [1.82, 2.24) is 9.97 Å². The Bertz CT molecular complexity index is 623. The van der Waals surface area contributed by atoms with E-state index in [2.05, 4.69) is 29.1 Å². The lowest BCUT2D eigenvalue weighted by molar-refractivity contribution is 0.625. The maximum absolute atomic E-state index is 13.1. The number of aromatic nitrogens is 2. The van der Waals surface area contributed by atoms with Crippen molar-refractivity contribution in [3.8, 4) is 0 Å². The highest BCUT2D eigenvalue weighted by Gasteiger charge is 2.06. The van der Waals surface area contributed by atoms with Crippen LogP contribution in [0.5, 0.6) is 0 Å². The second kappa shape index (κ2) is 6.66. The number of nitrogens with one attached hydrogen (secondary N) is 1. The van der Waals surface area contributed by atoms with Crippen molar-refractivity contribution >= 4 is 5.95 Å². The zero-order valence-corrected chi connectivity index (χ0v) is 13.1. The first-order chi connectivity index (χ1) is 9.95. The van der Waals surface area contributed by atoms with Crippen LogP contribution in [0.2, 0.25) is 0 Å². The van der Waals surface area contributed by atoms with Crippen LogP contribution in [0.25, 0.3) is 0 Å². The fourth-order valence-electron chi connectivity index (χ4n) is 2.22. The van der Waals surface area contributed by atoms with E-state index in [0.717, 1.165) is 35.5 Å². The molecular formula is C17H22FN3. The normalized spacial score (nSPS) is 11.0. The minimum absolute atomic E-state index is 0.187. The van der Waals surface area contributed by atoms with E-state index in [9.17, 15) is 4.39 Å². The fraction of sp³-hybridized carbons (Fsp3) is 0.412. The number of hydrogen-bond donors (Lipinski definition) is 1. The van der Waals surface area contributed by atoms with Crippen molar-refractivity contribution < 1.29 is 4.39 Å². The molecule has 4 heteroatoms. The third kappa shape index (κ3) is 4.25. The van der Waals surface area contributed by atoms with Crippen molar-refractivity contribution in [2.24, 2.45) is 0 Å². The largest absolute Gasteiger partial charge is 0.354 e. The molecular weight excluding hydrogens is 265 g/mol. The number of aryl methyl sites for hydroxylation is 2. The Morgan fingerprint density at radius 2 is 1.90 bits per heavy atom. The van der Waals surface area contributed by atoms with E-state index in [1.807, 2.05) is 26.0 Å². The van der Waals surface area contributed by atoms with Crippen molar-refractivity contribution in [3.05, 3.63) is 52.6 Å². The Kier molecular flexibility index (Phi) is 4.89. The molecule has 0 aliphatic carbocycles. The quantitative estimate of drug-likeness (QED) is 0.903. The maximum atomic E-state index is 13.1. The molecule has 1 aromatic carbocycles. The Morgan fingerprint density at radius 3 is 2.57 bits per heavy atom. The van der Waals surface area contributed by atoms with E-state index in [1.54, 1.807) is 6.07 Å². The fourth-order valence-corrected chi connectivity index (χ4v) is 2.22. The van der Waals surface area contributed by atoms with Gasteiger partial charge >= 0.3 is 0 Å². The van der Waals surface area contributed by atoms with Gasteiger partial charge in [-0.2, -0.15) is 0 Å². The predicted octanol–water partition coefficient (Wildman–Crippen LogP) is 4.01. The van der Waals surface area contributed by atoms with Crippen LogP contribution < -0.4 is 5.32 Å². The molecule has 3 nitrogen and oxygen atoms in total. The van der Waals surface area contributed by atoms with Crippen LogP contribution in [-0.2, 0) is 6.42 Å². The molecule has 2 rings (SSSR count). The number of nitrogens with zero attached hydrogens (tertiary/aromatic N) is 2. The minimum atomic E-state index is -0.187. The minimum Gasteiger partial charge on any atom is -0.354 e. The molecule has 0 unspecified atom stereocenters. The van der Waals surface area contributed by atoms with E-state index < -0.39 is 0 Å². The molecule has 1 aromatic heterocycles. The first-order valence-electron chi connectivity index (χ1n) is 7.30. The summed E-state index contributed by atoms with van der Waals surface area (Å²) in [6.45, 7) is 8.87. The topological polar surface area (TPSA) is 37.8 Å². The average Bonchev–Trinajstić information content (AvgIpc) is 2.40. The highest BCUT2D eigenvalue weighted by molar-refractivity contribution is 5.31. The van der Waals surface area contributed by atoms with Gasteiger partial charge in [0.25, 0.3) is 0 Å². The Hall–Kier alpha value is -1.97. The number of hydrogen-bond acceptors (Lipinski definition) is 3. The third-order valence-corrected chi connectivity index (χ3v) is 3.45. The van der Waals surface area contributed by atoms with Gasteiger partial charge in [-0.25, -0.2) is 14.4 Å². The van der Waals surface area contributed by atoms with E-state index in [4.69, 9.17) is 0 Å². The summed E-state index contributed by atoms with van der Waals surface area (Å²) < 4.78 is 13.1. The van der Waals surface area contributed by atoms with E-state index in [1.165, 1.54) is 6.07 Å². The van der Waals surface area contributed by atoms with Gasteiger partial charge in [0.1, 0.15) is 5.82 Å². The molecule has 0 fully saturated rings. The zero-order valence-electron chi connectivity index (χ0n) is 13.1. The molecule has 0 atom stereocenters. The summed E-state index contributed by atoms with van der Waals surface area (Å²) in [6.07, 6.45) is 0.820. The molecule has 0 spiro atoms. The van der Waals surface area contributed by atoms with Crippen molar-refractivity contribution in [2.45, 2.75) is 40.0 Å². The Labute approximate surface area is 125 Å². The smallest absolute Gasteiger partial charge is 0.223 e. The molecule has 2 aromatic rings. The number of benzene rings is 1. The summed E-state index contributed by atoms with van der Waals surface area (Å²) in [6, 6.07) is 6.92. The molecule has 0 radical (unpaired) electrons. The lowest BCUT2D eigenvalue weighted by Crippen LogP contribution is -2.10. The van der Waals surface area contributed by atoms with Crippen LogP contribution in [0, 0.1) is 19.7 Å². The SMILES string of the molecule is Cc1cc(C(C)C)nc(NCCc2ccc(F)cc2C)n1. The summed E-state index contributed by atoms with van der Waals surface area (Å²) in [5.74, 6) is 0.859. The molecule has 0 aliphatic rings. The summed E-state index contributed by atoms with van der Waals surface area (Å²) in [5.41, 5.74) is 4.13. The molecule has 1 heterocycles. The van der Waals surface area contributed by atoms with Crippen molar-refractivity contribution in [2.75, 3.05) is 11.9 Å². The highest BCUT2D eigenvalue weighted by Crippen LogP contribution is 2.15. The first kappa shape index (κ1) is 15.4. The first-order valence-corrected chi connectivity index (χ1v) is 7.30. The van der Waals surface area contributed by atoms with E-state index in [0.29, 0.717) is 11.9 Å². The Morgan fingerprint density at radius 1 is 1.14 bits per heavy atom. The second-order valence-electron chi connectivity index (χ2n) is 5.66. The molecule has 1 N–H and O–H groups in total. The summed E-state index contributed by atoms with van der Waals surface area (Å²) in [7, 11) is 0. The predicted molar refractivity (Wildman–Crippen MR) is 84.2 cm³/mol. The number of rotatable bonds is 5. The van der Waals surface area contributed by atoms with Crippen molar-refractivity contribution in [3.63, 3.8) is 0 Å². The highest BCUT2D eigenvalue weighted by atomic mass is 19.1. The van der Waals surface area contributed by atoms with Gasteiger partial charge in [0.2, 0.25) is 5.95 Å². The van der Waals surface area contributed by atoms with Crippen LogP contribution in [0.15, 0.2) is 24.3 Å². The number of halogens is 1. The summed E-state index contributed by atoms with van der Waals surface area (Å²) in [5, 5.41) is 3.26. The van der Waals surface area contributed by atoms with Gasteiger partial charge in [0.05, 0.1) is 0 Å². The second-order valence-corrected chi connectivity index (χ2v) is 5.66. The van der Waals surface area contributed by atoms with Gasteiger partial charge in [-0.1, -0.05) is 19.9 Å². The van der Waals surface area contributed by atoms with Gasteiger partial charge in [-0.05, 0) is 55.5 Å². The van der Waals surface area contributed by atoms with Crippen LogP contribution >= 0.6 is 0 Å². The standard InChI is InChI=1S/C17H22FN3/c1-11(2)16-10-13(4)20-17(21-16)19-8-7-14-5-6-15(18)9-12(14)3/h5-6,9-11H,7-8H2,1-4H3,(H,19,20,21). The van der Waals surface area contributed by atoms with Gasteiger partial charge < -0.3 is 5.32 Å². The molecule has 21 heavy (non-hydrogen) atoms. The van der Waals surface area contributed by atoms with Crippen LogP contribution in [0.1, 0.15) is 42.3 Å². The number of anilines is 1. The molecule has 0 aliphatic heterocycles. The monoisotopic (exact) mass is 287 g/mol. The Balaban J connectivity index is 2.00. The molecule has 0 bridgehead atoms. The lowest BCUT2D eigenvalue weighted by Gasteiger charge is -2.11. The lowest BCUT2D eigenvalue weighted by atomic mass is 10.1. The third-order valence-electron chi connectivity index (χ3n) is 3.45. The van der Waals surface area contributed by atoms with Crippen LogP contribution in [0.4, 0.5) is 10.3 Å². The van der Waals surface area contributed by atoms with Crippen LogP contribution in [-0.4, -0.2) is 16.5 Å². The van der Waals surface area contributed by atoms with E-state index >= 15 is 0 Å². The van der Waals surface area contributed by atoms with Gasteiger partial charge in [0.15, 0.2) is 0 Å². The van der Waals surface area contributed by atoms with Gasteiger partial charge in [-0.15, -0.1) is 0 Å². The molecule has 0 amide bonds. The van der Waals surface area contributed by atoms with Crippen LogP contribution in [0.3, 0.4) is 0 Å².